The number of halogens is 2. The van der Waals surface area contributed by atoms with Gasteiger partial charge in [-0.1, -0.05) is 35.3 Å². The quantitative estimate of drug-likeness (QED) is 0.583. The molecule has 7 nitrogen and oxygen atoms in total. The van der Waals surface area contributed by atoms with Gasteiger partial charge in [-0.05, 0) is 48.9 Å². The highest BCUT2D eigenvalue weighted by Crippen LogP contribution is 2.24. The largest absolute Gasteiger partial charge is 0.497 e. The molecule has 1 atom stereocenters. The van der Waals surface area contributed by atoms with E-state index in [4.69, 9.17) is 32.7 Å². The number of rotatable bonds is 6. The summed E-state index contributed by atoms with van der Waals surface area (Å²) >= 11 is 12.1. The van der Waals surface area contributed by atoms with Crippen LogP contribution in [0.5, 0.6) is 5.75 Å². The lowest BCUT2D eigenvalue weighted by Crippen LogP contribution is -2.50. The first-order valence-electron chi connectivity index (χ1n) is 11.9. The number of morpholine rings is 1. The van der Waals surface area contributed by atoms with Gasteiger partial charge in [0, 0.05) is 44.8 Å². The molecule has 0 spiro atoms. The SMILES string of the molecule is COc1ccc(CC(=O)N2CCCN(CC3CN(C(=O)c4ccc(Cl)c(Cl)c4)CCO3)CC2)cc1. The molecule has 0 radical (unpaired) electrons. The number of carbonyl (C=O) groups excluding carboxylic acids is 2. The van der Waals surface area contributed by atoms with Gasteiger partial charge in [-0.25, -0.2) is 0 Å². The summed E-state index contributed by atoms with van der Waals surface area (Å²) < 4.78 is 11.2. The van der Waals surface area contributed by atoms with E-state index in [-0.39, 0.29) is 17.9 Å². The van der Waals surface area contributed by atoms with Gasteiger partial charge in [0.1, 0.15) is 5.75 Å². The molecule has 2 amide bonds. The van der Waals surface area contributed by atoms with Crippen molar-refractivity contribution in [1.29, 1.82) is 0 Å². The predicted octanol–water partition coefficient (Wildman–Crippen LogP) is 3.62. The van der Waals surface area contributed by atoms with Crippen LogP contribution in [0.1, 0.15) is 22.3 Å². The molecule has 0 aliphatic carbocycles. The minimum atomic E-state index is -0.0722. The zero-order valence-corrected chi connectivity index (χ0v) is 21.4. The third-order valence-electron chi connectivity index (χ3n) is 6.51. The highest BCUT2D eigenvalue weighted by molar-refractivity contribution is 6.42. The molecule has 2 saturated heterocycles. The number of carbonyl (C=O) groups is 2. The Hall–Kier alpha value is -2.32. The van der Waals surface area contributed by atoms with Crippen molar-refractivity contribution in [3.05, 3.63) is 63.6 Å². The molecule has 0 saturated carbocycles. The van der Waals surface area contributed by atoms with Gasteiger partial charge < -0.3 is 19.3 Å². The molecule has 188 valence electrons. The van der Waals surface area contributed by atoms with Crippen molar-refractivity contribution in [1.82, 2.24) is 14.7 Å². The summed E-state index contributed by atoms with van der Waals surface area (Å²) in [6.07, 6.45) is 1.23. The maximum Gasteiger partial charge on any atom is 0.254 e. The Labute approximate surface area is 216 Å². The summed E-state index contributed by atoms with van der Waals surface area (Å²) in [5.41, 5.74) is 1.51. The predicted molar refractivity (Wildman–Crippen MR) is 136 cm³/mol. The van der Waals surface area contributed by atoms with Gasteiger partial charge >= 0.3 is 0 Å². The summed E-state index contributed by atoms with van der Waals surface area (Å²) in [5.74, 6) is 0.862. The molecule has 0 N–H and O–H groups in total. The van der Waals surface area contributed by atoms with Crippen molar-refractivity contribution >= 4 is 35.0 Å². The third-order valence-corrected chi connectivity index (χ3v) is 7.25. The lowest BCUT2D eigenvalue weighted by atomic mass is 10.1. The molecule has 2 heterocycles. The fraction of sp³-hybridized carbons (Fsp3) is 0.462. The average Bonchev–Trinajstić information content (AvgIpc) is 3.11. The molecule has 2 aromatic rings. The minimum absolute atomic E-state index is 0.0666. The van der Waals surface area contributed by atoms with Crippen LogP contribution >= 0.6 is 23.2 Å². The molecule has 2 aromatic carbocycles. The smallest absolute Gasteiger partial charge is 0.254 e. The van der Waals surface area contributed by atoms with E-state index in [1.54, 1.807) is 25.3 Å². The van der Waals surface area contributed by atoms with Gasteiger partial charge in [0.15, 0.2) is 0 Å². The summed E-state index contributed by atoms with van der Waals surface area (Å²) in [5, 5.41) is 0.804. The van der Waals surface area contributed by atoms with Crippen molar-refractivity contribution < 1.29 is 19.1 Å². The molecule has 0 aromatic heterocycles. The monoisotopic (exact) mass is 519 g/mol. The van der Waals surface area contributed by atoms with Crippen LogP contribution in [-0.2, 0) is 16.0 Å². The molecule has 0 bridgehead atoms. The topological polar surface area (TPSA) is 62.3 Å². The van der Waals surface area contributed by atoms with Crippen LogP contribution in [0.4, 0.5) is 0 Å². The van der Waals surface area contributed by atoms with E-state index in [0.29, 0.717) is 48.3 Å². The summed E-state index contributed by atoms with van der Waals surface area (Å²) in [6.45, 7) is 5.41. The van der Waals surface area contributed by atoms with E-state index in [9.17, 15) is 9.59 Å². The molecular weight excluding hydrogens is 489 g/mol. The second kappa shape index (κ2) is 12.1. The number of ether oxygens (including phenoxy) is 2. The van der Waals surface area contributed by atoms with Gasteiger partial charge in [0.25, 0.3) is 5.91 Å². The fourth-order valence-corrected chi connectivity index (χ4v) is 4.84. The van der Waals surface area contributed by atoms with Crippen LogP contribution in [-0.4, -0.2) is 92.1 Å². The van der Waals surface area contributed by atoms with Gasteiger partial charge in [-0.15, -0.1) is 0 Å². The Balaban J connectivity index is 1.27. The van der Waals surface area contributed by atoms with E-state index in [1.807, 2.05) is 34.1 Å². The molecule has 9 heteroatoms. The molecule has 4 rings (SSSR count). The van der Waals surface area contributed by atoms with Gasteiger partial charge in [-0.3, -0.25) is 14.5 Å². The van der Waals surface area contributed by atoms with Crippen LogP contribution in [0.15, 0.2) is 42.5 Å². The number of methoxy groups -OCH3 is 1. The average molecular weight is 520 g/mol. The van der Waals surface area contributed by atoms with Crippen molar-refractivity contribution in [2.24, 2.45) is 0 Å². The molecule has 2 aliphatic heterocycles. The zero-order chi connectivity index (χ0) is 24.8. The number of benzene rings is 2. The van der Waals surface area contributed by atoms with Crippen LogP contribution in [0.2, 0.25) is 10.0 Å². The molecule has 2 fully saturated rings. The van der Waals surface area contributed by atoms with Crippen LogP contribution in [0.3, 0.4) is 0 Å². The van der Waals surface area contributed by atoms with Crippen LogP contribution < -0.4 is 4.74 Å². The van der Waals surface area contributed by atoms with Gasteiger partial charge in [-0.2, -0.15) is 0 Å². The van der Waals surface area contributed by atoms with Crippen molar-refractivity contribution in [2.45, 2.75) is 18.9 Å². The number of nitrogens with zero attached hydrogens (tertiary/aromatic N) is 3. The Morgan fingerprint density at radius 2 is 1.77 bits per heavy atom. The fourth-order valence-electron chi connectivity index (χ4n) is 4.55. The Morgan fingerprint density at radius 3 is 2.51 bits per heavy atom. The first kappa shape index (κ1) is 25.8. The van der Waals surface area contributed by atoms with Gasteiger partial charge in [0.2, 0.25) is 5.91 Å². The molecular formula is C26H31Cl2N3O4. The molecule has 2 aliphatic rings. The van der Waals surface area contributed by atoms with E-state index >= 15 is 0 Å². The van der Waals surface area contributed by atoms with Crippen molar-refractivity contribution in [3.63, 3.8) is 0 Å². The van der Waals surface area contributed by atoms with Gasteiger partial charge in [0.05, 0.1) is 36.3 Å². The van der Waals surface area contributed by atoms with Crippen molar-refractivity contribution in [2.75, 3.05) is 59.5 Å². The third kappa shape index (κ3) is 6.88. The van der Waals surface area contributed by atoms with Crippen LogP contribution in [0.25, 0.3) is 0 Å². The minimum Gasteiger partial charge on any atom is -0.497 e. The number of amides is 2. The first-order chi connectivity index (χ1) is 16.9. The lowest BCUT2D eigenvalue weighted by Gasteiger charge is -2.35. The van der Waals surface area contributed by atoms with E-state index in [1.165, 1.54) is 0 Å². The summed E-state index contributed by atoms with van der Waals surface area (Å²) in [4.78, 5) is 31.9. The second-order valence-electron chi connectivity index (χ2n) is 8.93. The highest BCUT2D eigenvalue weighted by atomic mass is 35.5. The summed E-state index contributed by atoms with van der Waals surface area (Å²) in [7, 11) is 1.63. The lowest BCUT2D eigenvalue weighted by molar-refractivity contribution is -0.130. The first-order valence-corrected chi connectivity index (χ1v) is 12.7. The van der Waals surface area contributed by atoms with E-state index in [2.05, 4.69) is 4.90 Å². The van der Waals surface area contributed by atoms with Crippen LogP contribution in [0, 0.1) is 0 Å². The summed E-state index contributed by atoms with van der Waals surface area (Å²) in [6, 6.07) is 12.6. The highest BCUT2D eigenvalue weighted by Gasteiger charge is 2.28. The maximum atomic E-state index is 13.0. The Kier molecular flexibility index (Phi) is 8.89. The number of hydrogen-bond acceptors (Lipinski definition) is 5. The molecule has 1 unspecified atom stereocenters. The maximum absolute atomic E-state index is 13.0. The van der Waals surface area contributed by atoms with E-state index < -0.39 is 0 Å². The standard InChI is InChI=1S/C26H31Cl2N3O4/c1-34-21-6-3-19(4-7-21)15-25(32)30-10-2-9-29(11-12-30)17-22-18-31(13-14-35-22)26(33)20-5-8-23(27)24(28)16-20/h3-8,16,22H,2,9-15,17-18H2,1H3. The van der Waals surface area contributed by atoms with E-state index in [0.717, 1.165) is 43.9 Å². The Bertz CT molecular complexity index is 1030. The Morgan fingerprint density at radius 1 is 0.971 bits per heavy atom. The second-order valence-corrected chi connectivity index (χ2v) is 9.75. The normalized spacial score (nSPS) is 19.3. The molecule has 35 heavy (non-hydrogen) atoms. The van der Waals surface area contributed by atoms with Crippen molar-refractivity contribution in [3.8, 4) is 5.75 Å². The number of hydrogen-bond donors (Lipinski definition) is 0. The zero-order valence-electron chi connectivity index (χ0n) is 19.9.